The van der Waals surface area contributed by atoms with Gasteiger partial charge in [0.15, 0.2) is 5.96 Å². The zero-order chi connectivity index (χ0) is 19.1. The van der Waals surface area contributed by atoms with E-state index in [9.17, 15) is 4.79 Å². The normalized spacial score (nSPS) is 13.6. The number of rotatable bonds is 7. The van der Waals surface area contributed by atoms with Crippen molar-refractivity contribution in [1.29, 1.82) is 0 Å². The highest BCUT2D eigenvalue weighted by molar-refractivity contribution is 5.80. The quantitative estimate of drug-likeness (QED) is 0.444. The number of hydrogen-bond donors (Lipinski definition) is 2. The molecule has 3 rings (SSSR count). The summed E-state index contributed by atoms with van der Waals surface area (Å²) in [5, 5.41) is 10.7. The van der Waals surface area contributed by atoms with E-state index >= 15 is 0 Å². The predicted molar refractivity (Wildman–Crippen MR) is 106 cm³/mol. The summed E-state index contributed by atoms with van der Waals surface area (Å²) in [7, 11) is 1.91. The molecule has 1 aliphatic rings. The third-order valence-electron chi connectivity index (χ3n) is 4.72. The third-order valence-corrected chi connectivity index (χ3v) is 4.72. The van der Waals surface area contributed by atoms with E-state index in [-0.39, 0.29) is 5.91 Å². The van der Waals surface area contributed by atoms with Gasteiger partial charge in [0.05, 0.1) is 12.2 Å². The smallest absolute Gasteiger partial charge is 0.223 e. The molecule has 0 unspecified atom stereocenters. The topological polar surface area (TPSA) is 74.5 Å². The highest BCUT2D eigenvalue weighted by Gasteiger charge is 2.22. The maximum Gasteiger partial charge on any atom is 0.223 e. The molecule has 0 fully saturated rings. The van der Waals surface area contributed by atoms with Crippen LogP contribution in [0.1, 0.15) is 36.6 Å². The zero-order valence-corrected chi connectivity index (χ0v) is 16.1. The van der Waals surface area contributed by atoms with Crippen molar-refractivity contribution in [3.8, 4) is 0 Å². The summed E-state index contributed by atoms with van der Waals surface area (Å²) in [4.78, 5) is 19.0. The lowest BCUT2D eigenvalue weighted by atomic mass is 10.1. The third kappa shape index (κ3) is 5.09. The molecule has 144 valence electrons. The predicted octanol–water partition coefficient (Wildman–Crippen LogP) is 1.80. The number of guanidine groups is 1. The lowest BCUT2D eigenvalue weighted by Crippen LogP contribution is -2.38. The molecule has 1 aliphatic heterocycles. The number of carbonyl (C=O) groups excluding carboxylic acids is 1. The van der Waals surface area contributed by atoms with Crippen molar-refractivity contribution in [2.24, 2.45) is 12.0 Å². The molecule has 2 aromatic rings. The molecule has 7 heteroatoms. The second-order valence-corrected chi connectivity index (χ2v) is 6.69. The Morgan fingerprint density at radius 1 is 1.19 bits per heavy atom. The van der Waals surface area contributed by atoms with Crippen molar-refractivity contribution in [2.75, 3.05) is 13.1 Å². The van der Waals surface area contributed by atoms with Gasteiger partial charge in [-0.05, 0) is 30.5 Å². The minimum absolute atomic E-state index is 0.213. The molecule has 1 aromatic heterocycles. The van der Waals surface area contributed by atoms with Gasteiger partial charge in [0.25, 0.3) is 0 Å². The van der Waals surface area contributed by atoms with Gasteiger partial charge in [0.2, 0.25) is 5.91 Å². The summed E-state index contributed by atoms with van der Waals surface area (Å²) in [6.45, 7) is 5.58. The Bertz CT molecular complexity index is 772. The SMILES string of the molecule is CCNC(=NCc1ccnn1C)NCCCC(=O)N1Cc2ccccc2C1. The molecular formula is C20H28N6O. The van der Waals surface area contributed by atoms with E-state index in [1.54, 1.807) is 6.20 Å². The second-order valence-electron chi connectivity index (χ2n) is 6.69. The van der Waals surface area contributed by atoms with Crippen LogP contribution in [0.2, 0.25) is 0 Å². The number of nitrogens with one attached hydrogen (secondary N) is 2. The molecule has 0 radical (unpaired) electrons. The average molecular weight is 368 g/mol. The van der Waals surface area contributed by atoms with Crippen LogP contribution >= 0.6 is 0 Å². The number of hydrogen-bond acceptors (Lipinski definition) is 3. The van der Waals surface area contributed by atoms with Crippen LogP contribution in [0.3, 0.4) is 0 Å². The number of aliphatic imine (C=N–C) groups is 1. The zero-order valence-electron chi connectivity index (χ0n) is 16.1. The molecule has 0 aliphatic carbocycles. The maximum absolute atomic E-state index is 12.4. The van der Waals surface area contributed by atoms with Crippen molar-refractivity contribution in [2.45, 2.75) is 39.4 Å². The van der Waals surface area contributed by atoms with E-state index < -0.39 is 0 Å². The highest BCUT2D eigenvalue weighted by atomic mass is 16.2. The van der Waals surface area contributed by atoms with Gasteiger partial charge in [-0.2, -0.15) is 5.10 Å². The van der Waals surface area contributed by atoms with E-state index in [4.69, 9.17) is 0 Å². The number of aryl methyl sites for hydroxylation is 1. The average Bonchev–Trinajstić information content (AvgIpc) is 3.28. The standard InChI is InChI=1S/C20H28N6O/c1-3-21-20(23-13-18-10-12-24-25(18)2)22-11-6-9-19(27)26-14-16-7-4-5-8-17(16)15-26/h4-5,7-8,10,12H,3,6,9,11,13-15H2,1-2H3,(H2,21,22,23). The molecule has 0 saturated carbocycles. The summed E-state index contributed by atoms with van der Waals surface area (Å²) in [6, 6.07) is 10.2. The Labute approximate surface area is 160 Å². The van der Waals surface area contributed by atoms with Gasteiger partial charge >= 0.3 is 0 Å². The van der Waals surface area contributed by atoms with Gasteiger partial charge in [0, 0.05) is 45.8 Å². The molecular weight excluding hydrogens is 340 g/mol. The van der Waals surface area contributed by atoms with Gasteiger partial charge in [-0.1, -0.05) is 24.3 Å². The molecule has 2 N–H and O–H groups in total. The maximum atomic E-state index is 12.4. The van der Waals surface area contributed by atoms with Crippen molar-refractivity contribution < 1.29 is 4.79 Å². The summed E-state index contributed by atoms with van der Waals surface area (Å²) < 4.78 is 1.82. The van der Waals surface area contributed by atoms with E-state index in [0.29, 0.717) is 19.5 Å². The van der Waals surface area contributed by atoms with E-state index in [1.165, 1.54) is 11.1 Å². The summed E-state index contributed by atoms with van der Waals surface area (Å²) in [6.07, 6.45) is 3.09. The molecule has 7 nitrogen and oxygen atoms in total. The van der Waals surface area contributed by atoms with Crippen LogP contribution in [0.5, 0.6) is 0 Å². The fourth-order valence-corrected chi connectivity index (χ4v) is 3.17. The van der Waals surface area contributed by atoms with E-state index in [1.807, 2.05) is 41.8 Å². The van der Waals surface area contributed by atoms with Crippen molar-refractivity contribution in [3.05, 3.63) is 53.3 Å². The van der Waals surface area contributed by atoms with Crippen molar-refractivity contribution >= 4 is 11.9 Å². The minimum atomic E-state index is 0.213. The first-order chi connectivity index (χ1) is 13.2. The number of aromatic nitrogens is 2. The summed E-state index contributed by atoms with van der Waals surface area (Å²) >= 11 is 0. The molecule has 0 spiro atoms. The highest BCUT2D eigenvalue weighted by Crippen LogP contribution is 2.22. The fraction of sp³-hybridized carbons (Fsp3) is 0.450. The number of carbonyl (C=O) groups is 1. The lowest BCUT2D eigenvalue weighted by Gasteiger charge is -2.16. The largest absolute Gasteiger partial charge is 0.357 e. The lowest BCUT2D eigenvalue weighted by molar-refractivity contribution is -0.131. The van der Waals surface area contributed by atoms with Gasteiger partial charge in [-0.3, -0.25) is 9.48 Å². The summed E-state index contributed by atoms with van der Waals surface area (Å²) in [5.74, 6) is 0.976. The Kier molecular flexibility index (Phi) is 6.46. The van der Waals surface area contributed by atoms with E-state index in [2.05, 4.69) is 32.9 Å². The molecule has 1 aromatic carbocycles. The number of nitrogens with zero attached hydrogens (tertiary/aromatic N) is 4. The van der Waals surface area contributed by atoms with Crippen LogP contribution in [0.4, 0.5) is 0 Å². The van der Waals surface area contributed by atoms with Crippen LogP contribution in [0.15, 0.2) is 41.5 Å². The summed E-state index contributed by atoms with van der Waals surface area (Å²) in [5.41, 5.74) is 3.58. The first kappa shape index (κ1) is 18.9. The second kappa shape index (κ2) is 9.21. The van der Waals surface area contributed by atoms with Gasteiger partial charge < -0.3 is 15.5 Å². The van der Waals surface area contributed by atoms with Crippen molar-refractivity contribution in [1.82, 2.24) is 25.3 Å². The number of benzene rings is 1. The molecule has 1 amide bonds. The molecule has 0 saturated heterocycles. The molecule has 27 heavy (non-hydrogen) atoms. The Hall–Kier alpha value is -2.83. The van der Waals surface area contributed by atoms with Gasteiger partial charge in [0.1, 0.15) is 0 Å². The molecule has 0 atom stereocenters. The number of amides is 1. The first-order valence-corrected chi connectivity index (χ1v) is 9.51. The van der Waals surface area contributed by atoms with Gasteiger partial charge in [-0.15, -0.1) is 0 Å². The Morgan fingerprint density at radius 2 is 1.93 bits per heavy atom. The van der Waals surface area contributed by atoms with Crippen LogP contribution in [0.25, 0.3) is 0 Å². The Balaban J connectivity index is 1.41. The van der Waals surface area contributed by atoms with E-state index in [0.717, 1.165) is 37.7 Å². The fourth-order valence-electron chi connectivity index (χ4n) is 3.17. The molecule has 0 bridgehead atoms. The minimum Gasteiger partial charge on any atom is -0.357 e. The van der Waals surface area contributed by atoms with Crippen LogP contribution in [0, 0.1) is 0 Å². The van der Waals surface area contributed by atoms with Gasteiger partial charge in [-0.25, -0.2) is 4.99 Å². The van der Waals surface area contributed by atoms with Crippen LogP contribution in [-0.4, -0.2) is 39.6 Å². The van der Waals surface area contributed by atoms with Crippen molar-refractivity contribution in [3.63, 3.8) is 0 Å². The monoisotopic (exact) mass is 368 g/mol. The Morgan fingerprint density at radius 3 is 2.56 bits per heavy atom. The van der Waals surface area contributed by atoms with Crippen LogP contribution in [-0.2, 0) is 31.5 Å². The number of fused-ring (bicyclic) bond motifs is 1. The first-order valence-electron chi connectivity index (χ1n) is 9.51. The molecule has 2 heterocycles. The van der Waals surface area contributed by atoms with Crippen LogP contribution < -0.4 is 10.6 Å².